The van der Waals surface area contributed by atoms with Gasteiger partial charge in [0.05, 0.1) is 12.0 Å². The van der Waals surface area contributed by atoms with E-state index >= 15 is 0 Å². The number of benzene rings is 2. The van der Waals surface area contributed by atoms with E-state index in [1.807, 2.05) is 31.2 Å². The summed E-state index contributed by atoms with van der Waals surface area (Å²) in [6.45, 7) is 2.50. The average Bonchev–Trinajstić information content (AvgIpc) is 3.46. The Morgan fingerprint density at radius 2 is 1.67 bits per heavy atom. The summed E-state index contributed by atoms with van der Waals surface area (Å²) in [5.41, 5.74) is 4.15. The fourth-order valence-corrected chi connectivity index (χ4v) is 4.55. The van der Waals surface area contributed by atoms with Crippen LogP contribution in [0.1, 0.15) is 56.1 Å². The number of carboxylic acids is 1. The molecule has 2 aliphatic carbocycles. The van der Waals surface area contributed by atoms with Crippen molar-refractivity contribution in [3.63, 3.8) is 0 Å². The van der Waals surface area contributed by atoms with Gasteiger partial charge in [-0.15, -0.1) is 0 Å². The second-order valence-electron chi connectivity index (χ2n) is 9.14. The molecule has 0 aromatic heterocycles. The molecule has 1 atom stereocenters. The van der Waals surface area contributed by atoms with E-state index in [-0.39, 0.29) is 30.8 Å². The second kappa shape index (κ2) is 9.65. The van der Waals surface area contributed by atoms with E-state index in [0.717, 1.165) is 0 Å². The molecule has 0 spiro atoms. The lowest BCUT2D eigenvalue weighted by molar-refractivity contribution is -0.138. The van der Waals surface area contributed by atoms with Gasteiger partial charge in [-0.05, 0) is 47.9 Å². The van der Waals surface area contributed by atoms with Crippen LogP contribution in [0.15, 0.2) is 48.5 Å². The summed E-state index contributed by atoms with van der Waals surface area (Å²) in [5.74, 6) is -1.25. The number of carbonyl (C=O) groups is 3. The monoisotopic (exact) mass is 450 g/mol. The lowest BCUT2D eigenvalue weighted by atomic mass is 9.98. The molecule has 0 aliphatic heterocycles. The van der Waals surface area contributed by atoms with Crippen molar-refractivity contribution in [2.24, 2.45) is 5.92 Å². The molecule has 2 amide bonds. The Kier molecular flexibility index (Phi) is 6.67. The van der Waals surface area contributed by atoms with Crippen molar-refractivity contribution < 1.29 is 24.2 Å². The summed E-state index contributed by atoms with van der Waals surface area (Å²) < 4.78 is 5.52. The molecule has 3 N–H and O–H groups in total. The largest absolute Gasteiger partial charge is 0.481 e. The van der Waals surface area contributed by atoms with Crippen LogP contribution >= 0.6 is 0 Å². The highest BCUT2D eigenvalue weighted by atomic mass is 16.5. The Labute approximate surface area is 193 Å². The predicted octanol–water partition coefficient (Wildman–Crippen LogP) is 4.06. The standard InChI is InChI=1S/C26H30N2O5/c1-17(24(31)28-26(12-13-26)15-23(29)30)7-6-14-27-25(32)33-16-22-20-10-4-2-8-18(20)19-9-3-5-11-21(19)22/h2-5,8-11,17,22H,6-7,12-16H2,1H3,(H,27,32)(H,28,31)(H,29,30). The number of nitrogens with one attached hydrogen (secondary N) is 2. The van der Waals surface area contributed by atoms with E-state index in [0.29, 0.717) is 32.2 Å². The van der Waals surface area contributed by atoms with Gasteiger partial charge in [-0.3, -0.25) is 9.59 Å². The minimum atomic E-state index is -0.896. The molecule has 4 rings (SSSR count). The van der Waals surface area contributed by atoms with Crippen LogP contribution in [0.5, 0.6) is 0 Å². The quantitative estimate of drug-likeness (QED) is 0.474. The minimum Gasteiger partial charge on any atom is -0.481 e. The van der Waals surface area contributed by atoms with Crippen LogP contribution in [0.2, 0.25) is 0 Å². The first-order valence-electron chi connectivity index (χ1n) is 11.5. The molecule has 7 heteroatoms. The van der Waals surface area contributed by atoms with Crippen LogP contribution in [0, 0.1) is 5.92 Å². The van der Waals surface area contributed by atoms with E-state index < -0.39 is 17.6 Å². The Balaban J connectivity index is 1.19. The van der Waals surface area contributed by atoms with Gasteiger partial charge in [0.1, 0.15) is 6.61 Å². The van der Waals surface area contributed by atoms with Gasteiger partial charge >= 0.3 is 12.1 Å². The first-order valence-corrected chi connectivity index (χ1v) is 11.5. The Bertz CT molecular complexity index is 1000. The van der Waals surface area contributed by atoms with E-state index in [1.165, 1.54) is 22.3 Å². The van der Waals surface area contributed by atoms with Crippen molar-refractivity contribution in [1.82, 2.24) is 10.6 Å². The van der Waals surface area contributed by atoms with E-state index in [1.54, 1.807) is 0 Å². The normalized spacial score (nSPS) is 16.3. The Morgan fingerprint density at radius 3 is 2.24 bits per heavy atom. The van der Waals surface area contributed by atoms with Crippen molar-refractivity contribution in [2.45, 2.75) is 50.5 Å². The summed E-state index contributed by atoms with van der Waals surface area (Å²) in [4.78, 5) is 35.5. The third-order valence-corrected chi connectivity index (χ3v) is 6.61. The van der Waals surface area contributed by atoms with Gasteiger partial charge < -0.3 is 20.5 Å². The number of carboxylic acid groups (broad SMARTS) is 1. The molecule has 1 unspecified atom stereocenters. The molecule has 2 aromatic rings. The highest BCUT2D eigenvalue weighted by molar-refractivity contribution is 5.81. The van der Waals surface area contributed by atoms with Gasteiger partial charge in [-0.2, -0.15) is 0 Å². The predicted molar refractivity (Wildman–Crippen MR) is 124 cm³/mol. The van der Waals surface area contributed by atoms with Crippen molar-refractivity contribution in [1.29, 1.82) is 0 Å². The number of alkyl carbamates (subject to hydrolysis) is 1. The molecule has 2 aromatic carbocycles. The second-order valence-corrected chi connectivity index (χ2v) is 9.14. The highest BCUT2D eigenvalue weighted by Crippen LogP contribution is 2.44. The first kappa shape index (κ1) is 22.8. The van der Waals surface area contributed by atoms with E-state index in [2.05, 4.69) is 34.9 Å². The maximum atomic E-state index is 12.3. The van der Waals surface area contributed by atoms with Crippen LogP contribution in [-0.4, -0.2) is 41.8 Å². The van der Waals surface area contributed by atoms with Crippen LogP contribution in [0.25, 0.3) is 11.1 Å². The number of fused-ring (bicyclic) bond motifs is 3. The van der Waals surface area contributed by atoms with Crippen LogP contribution < -0.4 is 10.6 Å². The lowest BCUT2D eigenvalue weighted by Crippen LogP contribution is -2.41. The molecule has 0 heterocycles. The number of rotatable bonds is 10. The summed E-state index contributed by atoms with van der Waals surface area (Å²) in [5, 5.41) is 14.6. The maximum Gasteiger partial charge on any atom is 0.407 e. The van der Waals surface area contributed by atoms with Gasteiger partial charge in [0.15, 0.2) is 0 Å². The molecule has 0 bridgehead atoms. The molecule has 174 valence electrons. The fraction of sp³-hybridized carbons (Fsp3) is 0.423. The molecule has 2 aliphatic rings. The number of hydrogen-bond acceptors (Lipinski definition) is 4. The third-order valence-electron chi connectivity index (χ3n) is 6.61. The topological polar surface area (TPSA) is 105 Å². The van der Waals surface area contributed by atoms with Gasteiger partial charge in [0, 0.05) is 18.4 Å². The summed E-state index contributed by atoms with van der Waals surface area (Å²) in [6.07, 6.45) is 2.15. The van der Waals surface area contributed by atoms with Crippen LogP contribution in [0.4, 0.5) is 4.79 Å². The number of carbonyl (C=O) groups excluding carboxylic acids is 2. The van der Waals surface area contributed by atoms with Crippen molar-refractivity contribution in [3.05, 3.63) is 59.7 Å². The third kappa shape index (κ3) is 5.35. The molecule has 1 saturated carbocycles. The van der Waals surface area contributed by atoms with Crippen molar-refractivity contribution in [3.8, 4) is 11.1 Å². The summed E-state index contributed by atoms with van der Waals surface area (Å²) in [6, 6.07) is 16.4. The number of ether oxygens (including phenoxy) is 1. The zero-order valence-corrected chi connectivity index (χ0v) is 18.8. The highest BCUT2D eigenvalue weighted by Gasteiger charge is 2.46. The van der Waals surface area contributed by atoms with E-state index in [4.69, 9.17) is 9.84 Å². The van der Waals surface area contributed by atoms with Crippen molar-refractivity contribution in [2.75, 3.05) is 13.2 Å². The molecular weight excluding hydrogens is 420 g/mol. The molecule has 33 heavy (non-hydrogen) atoms. The zero-order chi connectivity index (χ0) is 23.4. The number of aliphatic carboxylic acids is 1. The molecule has 1 fully saturated rings. The van der Waals surface area contributed by atoms with Crippen LogP contribution in [0.3, 0.4) is 0 Å². The molecule has 0 saturated heterocycles. The number of amides is 2. The Morgan fingerprint density at radius 1 is 1.06 bits per heavy atom. The van der Waals surface area contributed by atoms with Gasteiger partial charge in [0.25, 0.3) is 0 Å². The van der Waals surface area contributed by atoms with Gasteiger partial charge in [0.2, 0.25) is 5.91 Å². The lowest BCUT2D eigenvalue weighted by Gasteiger charge is -2.19. The van der Waals surface area contributed by atoms with Crippen LogP contribution in [-0.2, 0) is 14.3 Å². The van der Waals surface area contributed by atoms with E-state index in [9.17, 15) is 14.4 Å². The average molecular weight is 451 g/mol. The zero-order valence-electron chi connectivity index (χ0n) is 18.8. The minimum absolute atomic E-state index is 0.0208. The summed E-state index contributed by atoms with van der Waals surface area (Å²) in [7, 11) is 0. The fourth-order valence-electron chi connectivity index (χ4n) is 4.55. The maximum absolute atomic E-state index is 12.3. The van der Waals surface area contributed by atoms with Gasteiger partial charge in [-0.25, -0.2) is 4.79 Å². The smallest absolute Gasteiger partial charge is 0.407 e. The van der Waals surface area contributed by atoms with Crippen molar-refractivity contribution >= 4 is 18.0 Å². The van der Waals surface area contributed by atoms with Gasteiger partial charge in [-0.1, -0.05) is 55.5 Å². The molecular formula is C26H30N2O5. The SMILES string of the molecule is CC(CCCNC(=O)OCC1c2ccccc2-c2ccccc21)C(=O)NC1(CC(=O)O)CC1. The molecule has 0 radical (unpaired) electrons. The molecule has 7 nitrogen and oxygen atoms in total. The summed E-state index contributed by atoms with van der Waals surface area (Å²) >= 11 is 0. The first-order chi connectivity index (χ1) is 15.9. The number of hydrogen-bond donors (Lipinski definition) is 3. The Hall–Kier alpha value is -3.35.